The van der Waals surface area contributed by atoms with Gasteiger partial charge >= 0.3 is 0 Å². The lowest BCUT2D eigenvalue weighted by Crippen LogP contribution is -2.16. The maximum Gasteiger partial charge on any atom is 0.223 e. The van der Waals surface area contributed by atoms with Crippen LogP contribution in [0, 0.1) is 18.7 Å². The minimum atomic E-state index is -0.263. The number of fused-ring (bicyclic) bond motifs is 1. The molecule has 2 aromatic rings. The highest BCUT2D eigenvalue weighted by Gasteiger charge is 2.23. The number of aliphatic hydroxyl groups is 1. The van der Waals surface area contributed by atoms with E-state index in [2.05, 4.69) is 15.3 Å². The van der Waals surface area contributed by atoms with Gasteiger partial charge < -0.3 is 16.2 Å². The molecule has 0 saturated heterocycles. The Kier molecular flexibility index (Phi) is 6.74. The van der Waals surface area contributed by atoms with Crippen molar-refractivity contribution in [3.8, 4) is 0 Å². The predicted molar refractivity (Wildman–Crippen MR) is 114 cm³/mol. The van der Waals surface area contributed by atoms with Gasteiger partial charge in [0.25, 0.3) is 0 Å². The first-order valence-electron chi connectivity index (χ1n) is 9.11. The second-order valence-electron chi connectivity index (χ2n) is 6.70. The summed E-state index contributed by atoms with van der Waals surface area (Å²) in [5, 5.41) is 13.5. The zero-order valence-corrected chi connectivity index (χ0v) is 17.4. The molecule has 3 rings (SSSR count). The van der Waals surface area contributed by atoms with Crippen molar-refractivity contribution < 1.29 is 9.50 Å². The molecule has 0 saturated carbocycles. The summed E-state index contributed by atoms with van der Waals surface area (Å²) in [6.45, 7) is 4.63. The summed E-state index contributed by atoms with van der Waals surface area (Å²) < 4.78 is 13.7. The fourth-order valence-electron chi connectivity index (χ4n) is 3.07. The number of aliphatic imine (C=N–C) groups is 1. The molecule has 9 heteroatoms. The van der Waals surface area contributed by atoms with Crippen LogP contribution >= 0.6 is 23.4 Å². The highest BCUT2D eigenvalue weighted by atomic mass is 35.5. The van der Waals surface area contributed by atoms with E-state index in [1.165, 1.54) is 23.9 Å². The molecule has 1 atom stereocenters. The van der Waals surface area contributed by atoms with Crippen LogP contribution in [0.15, 0.2) is 17.1 Å². The van der Waals surface area contributed by atoms with E-state index in [0.29, 0.717) is 28.7 Å². The maximum atomic E-state index is 13.7. The van der Waals surface area contributed by atoms with Gasteiger partial charge in [-0.05, 0) is 42.5 Å². The minimum absolute atomic E-state index is 0.0745. The largest absolute Gasteiger partial charge is 0.396 e. The topological polar surface area (TPSA) is 96.4 Å². The van der Waals surface area contributed by atoms with E-state index in [1.54, 1.807) is 0 Å². The number of hydrogen-bond donors (Lipinski definition) is 3. The molecule has 0 spiro atoms. The van der Waals surface area contributed by atoms with Crippen molar-refractivity contribution in [3.05, 3.63) is 39.8 Å². The summed E-state index contributed by atoms with van der Waals surface area (Å²) in [6.07, 6.45) is 1.68. The van der Waals surface area contributed by atoms with Crippen LogP contribution in [0.4, 0.5) is 21.8 Å². The van der Waals surface area contributed by atoms with E-state index in [1.807, 2.05) is 13.8 Å². The van der Waals surface area contributed by atoms with Crippen LogP contribution < -0.4 is 11.1 Å². The van der Waals surface area contributed by atoms with Crippen molar-refractivity contribution in [3.63, 3.8) is 0 Å². The molecule has 0 aliphatic carbocycles. The molecule has 1 aromatic carbocycles. The molecule has 28 heavy (non-hydrogen) atoms. The maximum absolute atomic E-state index is 13.7. The molecule has 2 heterocycles. The molecule has 0 bridgehead atoms. The highest BCUT2D eigenvalue weighted by molar-refractivity contribution is 8.13. The van der Waals surface area contributed by atoms with Gasteiger partial charge in [0.2, 0.25) is 5.95 Å². The SMILES string of the molecule is CCC(CO)CCNc1nc(N)nc(Cl)c1C1=Nc2c(C)cc(F)cc2CS1. The van der Waals surface area contributed by atoms with Crippen molar-refractivity contribution in [2.75, 3.05) is 24.2 Å². The zero-order chi connectivity index (χ0) is 20.3. The number of aromatic nitrogens is 2. The molecular weight excluding hydrogens is 401 g/mol. The number of nitrogens with zero attached hydrogens (tertiary/aromatic N) is 3. The lowest BCUT2D eigenvalue weighted by molar-refractivity contribution is 0.217. The van der Waals surface area contributed by atoms with Crippen LogP contribution in [0.3, 0.4) is 0 Å². The molecule has 0 radical (unpaired) electrons. The van der Waals surface area contributed by atoms with Crippen LogP contribution in [-0.4, -0.2) is 33.3 Å². The Balaban J connectivity index is 1.94. The van der Waals surface area contributed by atoms with Crippen molar-refractivity contribution in [2.45, 2.75) is 32.4 Å². The Bertz CT molecular complexity index is 904. The summed E-state index contributed by atoms with van der Waals surface area (Å²) in [5.74, 6) is 1.12. The summed E-state index contributed by atoms with van der Waals surface area (Å²) >= 11 is 7.85. The number of hydrogen-bond acceptors (Lipinski definition) is 7. The average Bonchev–Trinajstić information content (AvgIpc) is 2.65. The smallest absolute Gasteiger partial charge is 0.223 e. The molecule has 6 nitrogen and oxygen atoms in total. The van der Waals surface area contributed by atoms with Gasteiger partial charge in [-0.15, -0.1) is 11.8 Å². The molecule has 0 fully saturated rings. The van der Waals surface area contributed by atoms with E-state index < -0.39 is 0 Å². The van der Waals surface area contributed by atoms with Gasteiger partial charge in [0, 0.05) is 18.9 Å². The zero-order valence-electron chi connectivity index (χ0n) is 15.8. The second kappa shape index (κ2) is 9.07. The summed E-state index contributed by atoms with van der Waals surface area (Å²) in [5.41, 5.74) is 8.74. The number of nitrogen functional groups attached to an aromatic ring is 1. The number of nitrogens with two attached hydrogens (primary N) is 1. The van der Waals surface area contributed by atoms with Crippen molar-refractivity contribution >= 4 is 45.9 Å². The first-order valence-corrected chi connectivity index (χ1v) is 10.5. The van der Waals surface area contributed by atoms with E-state index >= 15 is 0 Å². The Hall–Kier alpha value is -1.90. The Morgan fingerprint density at radius 3 is 2.89 bits per heavy atom. The van der Waals surface area contributed by atoms with Crippen molar-refractivity contribution in [1.82, 2.24) is 9.97 Å². The van der Waals surface area contributed by atoms with Crippen LogP contribution in [0.1, 0.15) is 36.5 Å². The van der Waals surface area contributed by atoms with Gasteiger partial charge in [0.1, 0.15) is 21.8 Å². The number of rotatable bonds is 7. The molecule has 0 amide bonds. The van der Waals surface area contributed by atoms with E-state index in [0.717, 1.165) is 29.7 Å². The molecule has 1 unspecified atom stereocenters. The standard InChI is InChI=1S/C19H23ClFN5OS/c1-3-11(8-27)4-5-23-17-14(16(20)25-19(22)26-17)18-24-15-10(2)6-13(21)7-12(15)9-28-18/h6-7,11,27H,3-5,8-9H2,1-2H3,(H3,22,23,25,26). The van der Waals surface area contributed by atoms with Gasteiger partial charge in [-0.2, -0.15) is 4.98 Å². The van der Waals surface area contributed by atoms with Crippen LogP contribution in [0.5, 0.6) is 0 Å². The van der Waals surface area contributed by atoms with Crippen LogP contribution in [0.2, 0.25) is 5.15 Å². The number of aliphatic hydroxyl groups excluding tert-OH is 1. The molecule has 4 N–H and O–H groups in total. The van der Waals surface area contributed by atoms with Crippen LogP contribution in [-0.2, 0) is 5.75 Å². The molecule has 1 aromatic heterocycles. The number of halogens is 2. The van der Waals surface area contributed by atoms with E-state index in [9.17, 15) is 9.50 Å². The average molecular weight is 424 g/mol. The lowest BCUT2D eigenvalue weighted by atomic mass is 10.0. The van der Waals surface area contributed by atoms with Crippen LogP contribution in [0.25, 0.3) is 0 Å². The third-order valence-electron chi connectivity index (χ3n) is 4.70. The van der Waals surface area contributed by atoms with Crippen molar-refractivity contribution in [2.24, 2.45) is 10.9 Å². The summed E-state index contributed by atoms with van der Waals surface area (Å²) in [6, 6.07) is 2.98. The van der Waals surface area contributed by atoms with Gasteiger partial charge in [0.05, 0.1) is 11.3 Å². The summed E-state index contributed by atoms with van der Waals surface area (Å²) in [4.78, 5) is 13.1. The monoisotopic (exact) mass is 423 g/mol. The second-order valence-corrected chi connectivity index (χ2v) is 8.03. The number of aryl methyl sites for hydroxylation is 1. The quantitative estimate of drug-likeness (QED) is 0.574. The number of anilines is 2. The lowest BCUT2D eigenvalue weighted by Gasteiger charge is -2.20. The third kappa shape index (κ3) is 4.56. The number of nitrogens with one attached hydrogen (secondary N) is 1. The first-order chi connectivity index (χ1) is 13.4. The Labute approximate surface area is 172 Å². The number of thioether (sulfide) groups is 1. The normalized spacial score (nSPS) is 14.4. The molecule has 1 aliphatic heterocycles. The molecular formula is C19H23ClFN5OS. The molecule has 1 aliphatic rings. The highest BCUT2D eigenvalue weighted by Crippen LogP contribution is 2.39. The minimum Gasteiger partial charge on any atom is -0.396 e. The van der Waals surface area contributed by atoms with Gasteiger partial charge in [0.15, 0.2) is 0 Å². The van der Waals surface area contributed by atoms with E-state index in [-0.39, 0.29) is 29.4 Å². The van der Waals surface area contributed by atoms with Gasteiger partial charge in [-0.3, -0.25) is 0 Å². The fraction of sp³-hybridized carbons (Fsp3) is 0.421. The number of benzene rings is 1. The summed E-state index contributed by atoms with van der Waals surface area (Å²) in [7, 11) is 0. The Morgan fingerprint density at radius 1 is 1.39 bits per heavy atom. The Morgan fingerprint density at radius 2 is 2.18 bits per heavy atom. The first kappa shape index (κ1) is 20.8. The molecule has 150 valence electrons. The predicted octanol–water partition coefficient (Wildman–Crippen LogP) is 4.31. The van der Waals surface area contributed by atoms with E-state index in [4.69, 9.17) is 22.3 Å². The van der Waals surface area contributed by atoms with Gasteiger partial charge in [-0.25, -0.2) is 14.4 Å². The fourth-order valence-corrected chi connectivity index (χ4v) is 4.40. The van der Waals surface area contributed by atoms with Crippen molar-refractivity contribution in [1.29, 1.82) is 0 Å². The van der Waals surface area contributed by atoms with Gasteiger partial charge in [-0.1, -0.05) is 24.9 Å². The third-order valence-corrected chi connectivity index (χ3v) is 6.00.